The van der Waals surface area contributed by atoms with Crippen LogP contribution in [0.3, 0.4) is 0 Å². The van der Waals surface area contributed by atoms with Crippen LogP contribution in [0.2, 0.25) is 0 Å². The lowest BCUT2D eigenvalue weighted by Crippen LogP contribution is -2.49. The van der Waals surface area contributed by atoms with Crippen LogP contribution in [0.1, 0.15) is 62.4 Å². The van der Waals surface area contributed by atoms with E-state index in [-0.39, 0.29) is 29.9 Å². The summed E-state index contributed by atoms with van der Waals surface area (Å²) in [7, 11) is 1.61. The van der Waals surface area contributed by atoms with Crippen LogP contribution < -0.4 is 4.74 Å². The Balaban J connectivity index is 1.75. The third kappa shape index (κ3) is 3.71. The molecule has 5 heteroatoms. The summed E-state index contributed by atoms with van der Waals surface area (Å²) in [4.78, 5) is 27.6. The Morgan fingerprint density at radius 2 is 1.73 bits per heavy atom. The molecule has 142 valence electrons. The number of methoxy groups -OCH3 is 1. The Kier molecular flexibility index (Phi) is 5.00. The quantitative estimate of drug-likeness (QED) is 0.752. The Hall–Kier alpha value is -2.04. The van der Waals surface area contributed by atoms with Crippen LogP contribution in [0.4, 0.5) is 4.79 Å². The van der Waals surface area contributed by atoms with Gasteiger partial charge in [0.25, 0.3) is 0 Å². The van der Waals surface area contributed by atoms with E-state index in [1.807, 2.05) is 50.8 Å². The van der Waals surface area contributed by atoms with E-state index in [1.165, 1.54) is 0 Å². The molecule has 0 N–H and O–H groups in total. The second-order valence-corrected chi connectivity index (χ2v) is 8.49. The van der Waals surface area contributed by atoms with Crippen LogP contribution in [-0.4, -0.2) is 41.6 Å². The van der Waals surface area contributed by atoms with Gasteiger partial charge in [-0.05, 0) is 71.1 Å². The van der Waals surface area contributed by atoms with Crippen molar-refractivity contribution in [2.45, 2.75) is 71.1 Å². The highest BCUT2D eigenvalue weighted by atomic mass is 16.6. The molecule has 2 heterocycles. The number of benzene rings is 1. The third-order valence-corrected chi connectivity index (χ3v) is 5.42. The standard InChI is InChI=1S/C21H29NO4/c1-13-6-9-17(25-5)12-18(13)19(23)14-10-15-7-8-16(11-14)22(15)20(24)26-21(2,3)4/h6,9,12,14-16H,7-8,10-11H2,1-5H3. The molecule has 2 aliphatic heterocycles. The molecule has 0 aliphatic carbocycles. The van der Waals surface area contributed by atoms with Crippen LogP contribution in [0, 0.1) is 12.8 Å². The van der Waals surface area contributed by atoms with Crippen LogP contribution in [0.15, 0.2) is 18.2 Å². The molecule has 2 bridgehead atoms. The molecule has 2 saturated heterocycles. The number of rotatable bonds is 3. The molecule has 5 nitrogen and oxygen atoms in total. The van der Waals surface area contributed by atoms with Crippen LogP contribution in [0.25, 0.3) is 0 Å². The number of aryl methyl sites for hydroxylation is 1. The molecule has 2 unspecified atom stereocenters. The topological polar surface area (TPSA) is 55.8 Å². The van der Waals surface area contributed by atoms with Crippen LogP contribution in [-0.2, 0) is 4.74 Å². The van der Waals surface area contributed by atoms with Gasteiger partial charge < -0.3 is 14.4 Å². The van der Waals surface area contributed by atoms with Crippen molar-refractivity contribution in [2.75, 3.05) is 7.11 Å². The SMILES string of the molecule is COc1ccc(C)c(C(=O)C2CC3CCC(C2)N3C(=O)OC(C)(C)C)c1. The number of fused-ring (bicyclic) bond motifs is 2. The maximum atomic E-state index is 13.1. The number of piperidine rings is 1. The number of carbonyl (C=O) groups is 2. The second-order valence-electron chi connectivity index (χ2n) is 8.49. The van der Waals surface area contributed by atoms with Crippen molar-refractivity contribution in [3.8, 4) is 5.75 Å². The highest BCUT2D eigenvalue weighted by molar-refractivity contribution is 5.99. The van der Waals surface area contributed by atoms with E-state index in [0.717, 1.165) is 24.0 Å². The summed E-state index contributed by atoms with van der Waals surface area (Å²) in [6, 6.07) is 5.84. The Labute approximate surface area is 155 Å². The number of Topliss-reactive ketones (excluding diaryl/α,β-unsaturated/α-hetero) is 1. The predicted octanol–water partition coefficient (Wildman–Crippen LogP) is 4.36. The molecule has 26 heavy (non-hydrogen) atoms. The molecule has 1 amide bonds. The van der Waals surface area contributed by atoms with E-state index in [1.54, 1.807) is 7.11 Å². The fourth-order valence-corrected chi connectivity index (χ4v) is 4.22. The van der Waals surface area contributed by atoms with Gasteiger partial charge in [-0.2, -0.15) is 0 Å². The summed E-state index contributed by atoms with van der Waals surface area (Å²) in [5, 5.41) is 0. The lowest BCUT2D eigenvalue weighted by molar-refractivity contribution is 0.00253. The van der Waals surface area contributed by atoms with Crippen LogP contribution in [0.5, 0.6) is 5.75 Å². The molecular formula is C21H29NO4. The summed E-state index contributed by atoms with van der Waals surface area (Å²) < 4.78 is 10.8. The summed E-state index contributed by atoms with van der Waals surface area (Å²) in [5.74, 6) is 0.826. The summed E-state index contributed by atoms with van der Waals surface area (Å²) >= 11 is 0. The van der Waals surface area contributed by atoms with Gasteiger partial charge in [0.05, 0.1) is 7.11 Å². The molecule has 0 aromatic heterocycles. The minimum atomic E-state index is -0.499. The monoisotopic (exact) mass is 359 g/mol. The zero-order valence-electron chi connectivity index (χ0n) is 16.4. The average molecular weight is 359 g/mol. The number of hydrogen-bond acceptors (Lipinski definition) is 4. The maximum absolute atomic E-state index is 13.1. The van der Waals surface area contributed by atoms with Gasteiger partial charge in [0.15, 0.2) is 5.78 Å². The van der Waals surface area contributed by atoms with Gasteiger partial charge in [-0.3, -0.25) is 4.79 Å². The van der Waals surface area contributed by atoms with E-state index >= 15 is 0 Å². The highest BCUT2D eigenvalue weighted by Gasteiger charge is 2.46. The van der Waals surface area contributed by atoms with Crippen molar-refractivity contribution in [3.63, 3.8) is 0 Å². The number of ketones is 1. The predicted molar refractivity (Wildman–Crippen MR) is 99.7 cm³/mol. The Bertz CT molecular complexity index is 692. The Morgan fingerprint density at radius 1 is 1.12 bits per heavy atom. The zero-order valence-corrected chi connectivity index (χ0v) is 16.4. The first kappa shape index (κ1) is 18.7. The molecule has 2 aliphatic rings. The smallest absolute Gasteiger partial charge is 0.410 e. The molecular weight excluding hydrogens is 330 g/mol. The van der Waals surface area contributed by atoms with Crippen molar-refractivity contribution in [1.29, 1.82) is 0 Å². The Morgan fingerprint density at radius 3 is 2.27 bits per heavy atom. The van der Waals surface area contributed by atoms with Crippen LogP contribution >= 0.6 is 0 Å². The lowest BCUT2D eigenvalue weighted by atomic mass is 9.84. The average Bonchev–Trinajstić information content (AvgIpc) is 2.83. The third-order valence-electron chi connectivity index (χ3n) is 5.42. The minimum absolute atomic E-state index is 0.0445. The largest absolute Gasteiger partial charge is 0.497 e. The van der Waals surface area contributed by atoms with Gasteiger partial charge in [0.1, 0.15) is 11.4 Å². The zero-order chi connectivity index (χ0) is 19.1. The van der Waals surface area contributed by atoms with Crippen molar-refractivity contribution < 1.29 is 19.1 Å². The van der Waals surface area contributed by atoms with E-state index < -0.39 is 5.60 Å². The summed E-state index contributed by atoms with van der Waals surface area (Å²) in [6.45, 7) is 7.61. The first-order chi connectivity index (χ1) is 12.2. The molecule has 1 aromatic carbocycles. The maximum Gasteiger partial charge on any atom is 0.410 e. The number of hydrogen-bond donors (Lipinski definition) is 0. The summed E-state index contributed by atoms with van der Waals surface area (Å²) in [6.07, 6.45) is 3.08. The number of ether oxygens (including phenoxy) is 2. The minimum Gasteiger partial charge on any atom is -0.497 e. The van der Waals surface area contributed by atoms with Gasteiger partial charge in [0.2, 0.25) is 0 Å². The molecule has 2 fully saturated rings. The van der Waals surface area contributed by atoms with E-state index in [9.17, 15) is 9.59 Å². The van der Waals surface area contributed by atoms with Gasteiger partial charge in [-0.15, -0.1) is 0 Å². The van der Waals surface area contributed by atoms with E-state index in [0.29, 0.717) is 18.6 Å². The van der Waals surface area contributed by atoms with Gasteiger partial charge in [-0.1, -0.05) is 6.07 Å². The van der Waals surface area contributed by atoms with Crippen molar-refractivity contribution >= 4 is 11.9 Å². The van der Waals surface area contributed by atoms with Crippen molar-refractivity contribution in [1.82, 2.24) is 4.90 Å². The molecule has 1 aromatic rings. The van der Waals surface area contributed by atoms with E-state index in [4.69, 9.17) is 9.47 Å². The second kappa shape index (κ2) is 6.93. The molecule has 0 saturated carbocycles. The van der Waals surface area contributed by atoms with E-state index in [2.05, 4.69) is 0 Å². The number of nitrogens with zero attached hydrogens (tertiary/aromatic N) is 1. The lowest BCUT2D eigenvalue weighted by Gasteiger charge is -2.39. The molecule has 2 atom stereocenters. The van der Waals surface area contributed by atoms with Crippen molar-refractivity contribution in [2.24, 2.45) is 5.92 Å². The number of carbonyl (C=O) groups excluding carboxylic acids is 2. The molecule has 0 spiro atoms. The van der Waals surface area contributed by atoms with Gasteiger partial charge in [0, 0.05) is 23.6 Å². The first-order valence-corrected chi connectivity index (χ1v) is 9.40. The molecule has 3 rings (SSSR count). The molecule has 0 radical (unpaired) electrons. The summed E-state index contributed by atoms with van der Waals surface area (Å²) in [5.41, 5.74) is 1.21. The van der Waals surface area contributed by atoms with Gasteiger partial charge in [-0.25, -0.2) is 4.79 Å². The van der Waals surface area contributed by atoms with Crippen molar-refractivity contribution in [3.05, 3.63) is 29.3 Å². The fraction of sp³-hybridized carbons (Fsp3) is 0.619. The highest BCUT2D eigenvalue weighted by Crippen LogP contribution is 2.41. The fourth-order valence-electron chi connectivity index (χ4n) is 4.22. The number of amides is 1. The van der Waals surface area contributed by atoms with Gasteiger partial charge >= 0.3 is 6.09 Å². The normalized spacial score (nSPS) is 25.1. The first-order valence-electron chi connectivity index (χ1n) is 9.40.